The monoisotopic (exact) mass is 567 g/mol. The largest absolute Gasteiger partial charge is 0.508 e. The summed E-state index contributed by atoms with van der Waals surface area (Å²) in [5.74, 6) is 0.691. The zero-order valence-electron chi connectivity index (χ0n) is 23.2. The van der Waals surface area contributed by atoms with Crippen LogP contribution >= 0.6 is 24.8 Å². The standard InChI is InChI=1S/C28H41N5O3.2ClH/c1-6-7-14-32-26(35)25(17-19(2)3)29-27(36)28(32)12-15-31(16-13-28)18-24-20(4)30-33(21(24)5)22-8-10-23(34)11-9-22;;/h8-11,19,25,34H,6-7,12-18H2,1-5H3,(H,29,36);2*1H/t25-;;/m0../s1. The number of aromatic nitrogens is 2. The molecule has 0 aliphatic carbocycles. The van der Waals surface area contributed by atoms with Gasteiger partial charge >= 0.3 is 0 Å². The van der Waals surface area contributed by atoms with Crippen molar-refractivity contribution in [1.29, 1.82) is 0 Å². The van der Waals surface area contributed by atoms with Crippen LogP contribution in [0.25, 0.3) is 5.69 Å². The van der Waals surface area contributed by atoms with Crippen molar-refractivity contribution in [2.45, 2.75) is 84.8 Å². The number of carbonyl (C=O) groups excluding carboxylic acids is 2. The second-order valence-electron chi connectivity index (χ2n) is 10.9. The van der Waals surface area contributed by atoms with Gasteiger partial charge in [0.15, 0.2) is 0 Å². The zero-order valence-corrected chi connectivity index (χ0v) is 24.8. The number of halogens is 2. The van der Waals surface area contributed by atoms with Crippen LogP contribution in [0.2, 0.25) is 0 Å². The fraction of sp³-hybridized carbons (Fsp3) is 0.607. The molecule has 212 valence electrons. The van der Waals surface area contributed by atoms with E-state index in [-0.39, 0.29) is 42.4 Å². The molecule has 1 spiro atoms. The van der Waals surface area contributed by atoms with E-state index < -0.39 is 11.6 Å². The fourth-order valence-electron chi connectivity index (χ4n) is 5.70. The predicted molar refractivity (Wildman–Crippen MR) is 154 cm³/mol. The number of hydrogen-bond acceptors (Lipinski definition) is 5. The molecule has 2 N–H and O–H groups in total. The van der Waals surface area contributed by atoms with Gasteiger partial charge < -0.3 is 15.3 Å². The lowest BCUT2D eigenvalue weighted by Crippen LogP contribution is -2.73. The number of amides is 2. The number of phenolic OH excluding ortho intramolecular Hbond substituents is 1. The highest BCUT2D eigenvalue weighted by molar-refractivity contribution is 6.00. The molecule has 8 nitrogen and oxygen atoms in total. The highest BCUT2D eigenvalue weighted by Crippen LogP contribution is 2.35. The average Bonchev–Trinajstić information content (AvgIpc) is 3.12. The quantitative estimate of drug-likeness (QED) is 0.488. The first-order valence-electron chi connectivity index (χ1n) is 13.4. The van der Waals surface area contributed by atoms with Crippen molar-refractivity contribution >= 4 is 36.6 Å². The minimum atomic E-state index is -0.740. The van der Waals surface area contributed by atoms with Gasteiger partial charge in [-0.05, 0) is 69.7 Å². The van der Waals surface area contributed by atoms with Crippen LogP contribution in [0, 0.1) is 19.8 Å². The molecule has 10 heteroatoms. The summed E-state index contributed by atoms with van der Waals surface area (Å²) in [4.78, 5) is 31.3. The Labute approximate surface area is 239 Å². The third-order valence-corrected chi connectivity index (χ3v) is 7.85. The summed E-state index contributed by atoms with van der Waals surface area (Å²) < 4.78 is 1.92. The first kappa shape index (κ1) is 31.9. The number of rotatable bonds is 8. The van der Waals surface area contributed by atoms with Crippen molar-refractivity contribution in [3.05, 3.63) is 41.2 Å². The summed E-state index contributed by atoms with van der Waals surface area (Å²) in [5.41, 5.74) is 3.41. The van der Waals surface area contributed by atoms with E-state index in [1.807, 2.05) is 28.6 Å². The van der Waals surface area contributed by atoms with Gasteiger partial charge in [-0.15, -0.1) is 24.8 Å². The Kier molecular flexibility index (Phi) is 11.1. The highest BCUT2D eigenvalue weighted by Gasteiger charge is 2.53. The summed E-state index contributed by atoms with van der Waals surface area (Å²) in [6.07, 6.45) is 3.87. The number of piperidine rings is 1. The number of nitrogens with one attached hydrogen (secondary N) is 1. The third kappa shape index (κ3) is 6.29. The molecule has 2 amide bonds. The van der Waals surface area contributed by atoms with Gasteiger partial charge in [0, 0.05) is 37.4 Å². The summed E-state index contributed by atoms with van der Waals surface area (Å²) in [7, 11) is 0. The molecule has 38 heavy (non-hydrogen) atoms. The Morgan fingerprint density at radius 2 is 1.74 bits per heavy atom. The molecule has 1 atom stereocenters. The summed E-state index contributed by atoms with van der Waals surface area (Å²) in [6.45, 7) is 13.3. The van der Waals surface area contributed by atoms with E-state index >= 15 is 0 Å². The van der Waals surface area contributed by atoms with Crippen LogP contribution in [0.5, 0.6) is 5.75 Å². The second kappa shape index (κ2) is 13.2. The molecular formula is C28H43Cl2N5O3. The summed E-state index contributed by atoms with van der Waals surface area (Å²) in [5, 5.41) is 17.5. The maximum atomic E-state index is 13.5. The predicted octanol–water partition coefficient (Wildman–Crippen LogP) is 4.55. The van der Waals surface area contributed by atoms with E-state index in [1.165, 1.54) is 5.56 Å². The van der Waals surface area contributed by atoms with E-state index in [0.29, 0.717) is 31.7 Å². The lowest BCUT2D eigenvalue weighted by molar-refractivity contribution is -0.161. The molecule has 1 aromatic heterocycles. The Balaban J connectivity index is 0.00000253. The van der Waals surface area contributed by atoms with Crippen LogP contribution in [0.15, 0.2) is 24.3 Å². The number of aryl methyl sites for hydroxylation is 1. The Morgan fingerprint density at radius 3 is 2.32 bits per heavy atom. The molecule has 2 fully saturated rings. The topological polar surface area (TPSA) is 90.7 Å². The van der Waals surface area contributed by atoms with Gasteiger partial charge in [0.05, 0.1) is 11.4 Å². The molecule has 4 rings (SSSR count). The van der Waals surface area contributed by atoms with Crippen LogP contribution < -0.4 is 5.32 Å². The molecule has 0 saturated carbocycles. The van der Waals surface area contributed by atoms with Crippen molar-refractivity contribution < 1.29 is 14.7 Å². The van der Waals surface area contributed by atoms with Crippen molar-refractivity contribution in [3.63, 3.8) is 0 Å². The summed E-state index contributed by atoms with van der Waals surface area (Å²) in [6, 6.07) is 6.65. The highest BCUT2D eigenvalue weighted by atomic mass is 35.5. The molecule has 2 saturated heterocycles. The molecule has 0 bridgehead atoms. The molecular weight excluding hydrogens is 525 g/mol. The fourth-order valence-corrected chi connectivity index (χ4v) is 5.70. The van der Waals surface area contributed by atoms with Gasteiger partial charge in [-0.25, -0.2) is 4.68 Å². The molecule has 3 heterocycles. The van der Waals surface area contributed by atoms with Gasteiger partial charge in [0.2, 0.25) is 11.8 Å². The molecule has 0 radical (unpaired) electrons. The number of likely N-dealkylation sites (tertiary alicyclic amines) is 1. The first-order valence-corrected chi connectivity index (χ1v) is 13.4. The van der Waals surface area contributed by atoms with Crippen molar-refractivity contribution in [2.75, 3.05) is 19.6 Å². The minimum Gasteiger partial charge on any atom is -0.508 e. The Morgan fingerprint density at radius 1 is 1.11 bits per heavy atom. The van der Waals surface area contributed by atoms with Crippen molar-refractivity contribution in [3.8, 4) is 11.4 Å². The van der Waals surface area contributed by atoms with E-state index in [2.05, 4.69) is 37.9 Å². The number of carbonyl (C=O) groups is 2. The average molecular weight is 569 g/mol. The van der Waals surface area contributed by atoms with Gasteiger partial charge in [-0.2, -0.15) is 5.10 Å². The van der Waals surface area contributed by atoms with E-state index in [4.69, 9.17) is 5.10 Å². The van der Waals surface area contributed by atoms with Crippen molar-refractivity contribution in [2.24, 2.45) is 5.92 Å². The van der Waals surface area contributed by atoms with Crippen molar-refractivity contribution in [1.82, 2.24) is 24.9 Å². The smallest absolute Gasteiger partial charge is 0.246 e. The van der Waals surface area contributed by atoms with Crippen LogP contribution in [-0.4, -0.2) is 67.7 Å². The number of benzene rings is 1. The van der Waals surface area contributed by atoms with Crippen LogP contribution in [0.4, 0.5) is 0 Å². The third-order valence-electron chi connectivity index (χ3n) is 7.85. The lowest BCUT2D eigenvalue weighted by Gasteiger charge is -2.52. The van der Waals surface area contributed by atoms with Crippen LogP contribution in [0.1, 0.15) is 69.8 Å². The normalized spacial score (nSPS) is 19.3. The lowest BCUT2D eigenvalue weighted by atomic mass is 9.80. The molecule has 2 aromatic rings. The maximum Gasteiger partial charge on any atom is 0.246 e. The van der Waals surface area contributed by atoms with Crippen LogP contribution in [0.3, 0.4) is 0 Å². The van der Waals surface area contributed by atoms with E-state index in [1.54, 1.807) is 12.1 Å². The SMILES string of the molecule is CCCCN1C(=O)[C@H](CC(C)C)NC(=O)C12CCN(Cc1c(C)nn(-c3ccc(O)cc3)c1C)CC2.Cl.Cl. The number of piperazine rings is 1. The summed E-state index contributed by atoms with van der Waals surface area (Å²) >= 11 is 0. The molecule has 2 aliphatic heterocycles. The number of hydrogen-bond donors (Lipinski definition) is 2. The van der Waals surface area contributed by atoms with Crippen LogP contribution in [-0.2, 0) is 16.1 Å². The van der Waals surface area contributed by atoms with Gasteiger partial charge in [0.1, 0.15) is 17.3 Å². The molecule has 2 aliphatic rings. The van der Waals surface area contributed by atoms with Gasteiger partial charge in [-0.1, -0.05) is 27.2 Å². The number of nitrogens with zero attached hydrogens (tertiary/aromatic N) is 4. The molecule has 1 aromatic carbocycles. The van der Waals surface area contributed by atoms with Gasteiger partial charge in [0.25, 0.3) is 0 Å². The number of unbranched alkanes of at least 4 members (excludes halogenated alkanes) is 1. The number of aromatic hydroxyl groups is 1. The Hall–Kier alpha value is -2.29. The minimum absolute atomic E-state index is 0. The Bertz CT molecular complexity index is 1090. The van der Waals surface area contributed by atoms with E-state index in [9.17, 15) is 14.7 Å². The molecule has 0 unspecified atom stereocenters. The zero-order chi connectivity index (χ0) is 26.0. The van der Waals surface area contributed by atoms with Gasteiger partial charge in [-0.3, -0.25) is 14.5 Å². The maximum absolute atomic E-state index is 13.5. The second-order valence-corrected chi connectivity index (χ2v) is 10.9. The first-order chi connectivity index (χ1) is 17.2. The van der Waals surface area contributed by atoms with E-state index in [0.717, 1.165) is 49.6 Å². The number of phenols is 1.